The number of piperidine rings is 2. The molecule has 218 valence electrons. The number of fused-ring (bicyclic) bond motifs is 4. The Hall–Kier alpha value is -3.71. The second-order valence-electron chi connectivity index (χ2n) is 11.1. The molecule has 1 atom stereocenters. The van der Waals surface area contributed by atoms with E-state index in [9.17, 15) is 13.2 Å². The van der Waals surface area contributed by atoms with Crippen LogP contribution in [0.4, 0.5) is 17.2 Å². The highest BCUT2D eigenvalue weighted by atomic mass is 32.2. The van der Waals surface area contributed by atoms with Crippen LogP contribution < -0.4 is 14.5 Å². The number of nitrogens with zero attached hydrogens (tertiary/aromatic N) is 6. The van der Waals surface area contributed by atoms with Crippen molar-refractivity contribution >= 4 is 33.1 Å². The van der Waals surface area contributed by atoms with Crippen LogP contribution in [-0.4, -0.2) is 91.6 Å². The van der Waals surface area contributed by atoms with Crippen molar-refractivity contribution in [2.75, 3.05) is 66.7 Å². The van der Waals surface area contributed by atoms with Gasteiger partial charge >= 0.3 is 0 Å². The molecule has 13 heteroatoms. The summed E-state index contributed by atoms with van der Waals surface area (Å²) in [5.74, 6) is 1.54. The molecule has 2 fully saturated rings. The molecule has 6 heterocycles. The predicted molar refractivity (Wildman–Crippen MR) is 155 cm³/mol. The molecule has 4 aliphatic heterocycles. The number of benzene rings is 1. The van der Waals surface area contributed by atoms with E-state index in [2.05, 4.69) is 29.7 Å². The monoisotopic (exact) mass is 581 g/mol. The number of aliphatic hydroxyl groups is 1. The van der Waals surface area contributed by atoms with E-state index < -0.39 is 16.6 Å². The van der Waals surface area contributed by atoms with E-state index in [1.807, 2.05) is 24.1 Å². The number of carbonyl (C=O) groups excluding carboxylic acids is 1. The lowest BCUT2D eigenvalue weighted by molar-refractivity contribution is -0.135. The van der Waals surface area contributed by atoms with E-state index in [4.69, 9.17) is 9.52 Å². The topological polar surface area (TPSA) is 145 Å². The maximum Gasteiger partial charge on any atom is 0.250 e. The molecule has 3 aromatic rings. The van der Waals surface area contributed by atoms with Crippen LogP contribution in [0.2, 0.25) is 0 Å². The Labute approximate surface area is 239 Å². The molecular formula is C28H35N7O5S. The molecule has 41 heavy (non-hydrogen) atoms. The van der Waals surface area contributed by atoms with E-state index in [0.29, 0.717) is 42.0 Å². The summed E-state index contributed by atoms with van der Waals surface area (Å²) in [6, 6.07) is 8.97. The maximum atomic E-state index is 13.5. The molecule has 12 nitrogen and oxygen atoms in total. The molecule has 8 bridgehead atoms. The fraction of sp³-hybridized carbons (Fsp3) is 0.500. The lowest BCUT2D eigenvalue weighted by Gasteiger charge is -2.38. The molecule has 7 rings (SSSR count). The molecule has 0 saturated carbocycles. The fourth-order valence-electron chi connectivity index (χ4n) is 6.09. The van der Waals surface area contributed by atoms with Crippen molar-refractivity contribution in [2.24, 2.45) is 11.8 Å². The van der Waals surface area contributed by atoms with Crippen LogP contribution in [0.1, 0.15) is 25.7 Å². The predicted octanol–water partition coefficient (Wildman–Crippen LogP) is 2.44. The number of aliphatic hydroxyl groups excluding tert-OH is 1. The molecule has 0 radical (unpaired) electrons. The molecule has 2 aromatic heterocycles. The molecule has 1 amide bonds. The van der Waals surface area contributed by atoms with Crippen LogP contribution in [-0.2, 0) is 14.8 Å². The van der Waals surface area contributed by atoms with E-state index in [-0.39, 0.29) is 17.6 Å². The minimum Gasteiger partial charge on any atom is -0.416 e. The number of hydrogen-bond donors (Lipinski definition) is 2. The Morgan fingerprint density at radius 2 is 1.83 bits per heavy atom. The third-order valence-corrected chi connectivity index (χ3v) is 9.50. The number of hydrogen-bond acceptors (Lipinski definition) is 10. The van der Waals surface area contributed by atoms with Gasteiger partial charge in [-0.3, -0.25) is 9.52 Å². The summed E-state index contributed by atoms with van der Waals surface area (Å²) in [6.07, 6.45) is 5.28. The van der Waals surface area contributed by atoms with E-state index in [1.165, 1.54) is 0 Å². The van der Waals surface area contributed by atoms with E-state index in [0.717, 1.165) is 62.4 Å². The minimum atomic E-state index is -3.70. The maximum absolute atomic E-state index is 13.5. The Morgan fingerprint density at radius 3 is 2.63 bits per heavy atom. The lowest BCUT2D eigenvalue weighted by Crippen LogP contribution is -2.46. The largest absolute Gasteiger partial charge is 0.416 e. The van der Waals surface area contributed by atoms with Crippen molar-refractivity contribution < 1.29 is 22.7 Å². The Balaban J connectivity index is 1.40. The van der Waals surface area contributed by atoms with Gasteiger partial charge in [0.1, 0.15) is 5.82 Å². The number of amides is 1. The number of aromatic nitrogens is 3. The zero-order valence-corrected chi connectivity index (χ0v) is 23.9. The summed E-state index contributed by atoms with van der Waals surface area (Å²) in [5.41, 5.74) is 2.61. The van der Waals surface area contributed by atoms with Gasteiger partial charge in [0.15, 0.2) is 0 Å². The van der Waals surface area contributed by atoms with Crippen LogP contribution in [0.25, 0.3) is 22.9 Å². The molecule has 1 aromatic carbocycles. The summed E-state index contributed by atoms with van der Waals surface area (Å²) in [7, 11) is -1.78. The summed E-state index contributed by atoms with van der Waals surface area (Å²) in [4.78, 5) is 24.3. The van der Waals surface area contributed by atoms with Crippen molar-refractivity contribution in [3.8, 4) is 22.9 Å². The van der Waals surface area contributed by atoms with Crippen LogP contribution in [0, 0.1) is 11.8 Å². The molecule has 0 spiro atoms. The van der Waals surface area contributed by atoms with Crippen molar-refractivity contribution in [1.29, 1.82) is 0 Å². The third kappa shape index (κ3) is 5.87. The average Bonchev–Trinajstić information content (AvgIpc) is 3.47. The van der Waals surface area contributed by atoms with Crippen molar-refractivity contribution in [3.05, 3.63) is 36.5 Å². The number of carbonyl (C=O) groups is 1. The summed E-state index contributed by atoms with van der Waals surface area (Å²) >= 11 is 0. The van der Waals surface area contributed by atoms with Crippen LogP contribution in [0.15, 0.2) is 40.9 Å². The zero-order chi connectivity index (χ0) is 28.6. The van der Waals surface area contributed by atoms with Gasteiger partial charge in [-0.05, 0) is 61.9 Å². The number of anilines is 3. The average molecular weight is 582 g/mol. The SMILES string of the molecule is CN1CC2CCN(CC2)c2cc(NS(=O)(=O)CCO)ccc2-c2nnc(o2)-c2ccnc(c2)N2CCCC(C2)C1=O. The standard InChI is InChI=1S/C28H35N7O5S/c1-33-17-19-7-11-34(12-8-19)24-16-22(32-41(38,39)14-13-36)4-5-23(24)27-31-30-26(40-27)20-6-9-29-25(15-20)35-10-2-3-21(18-35)28(33)37/h4-6,9,15-16,19,21,32,36H,2-3,7-8,10-14,17-18H2,1H3. The molecule has 1 unspecified atom stereocenters. The number of pyridine rings is 1. The molecule has 4 aliphatic rings. The van der Waals surface area contributed by atoms with Gasteiger partial charge in [0.25, 0.3) is 0 Å². The second-order valence-corrected chi connectivity index (χ2v) is 13.0. The molecule has 0 aliphatic carbocycles. The normalized spacial score (nSPS) is 21.3. The Kier molecular flexibility index (Phi) is 7.56. The first-order valence-corrected chi connectivity index (χ1v) is 15.8. The highest BCUT2D eigenvalue weighted by Crippen LogP contribution is 2.37. The first-order valence-electron chi connectivity index (χ1n) is 14.1. The minimum absolute atomic E-state index is 0.0758. The third-order valence-electron chi connectivity index (χ3n) is 8.24. The van der Waals surface area contributed by atoms with Crippen molar-refractivity contribution in [2.45, 2.75) is 25.7 Å². The van der Waals surface area contributed by atoms with Gasteiger partial charge in [0.2, 0.25) is 27.7 Å². The first-order chi connectivity index (χ1) is 19.8. The van der Waals surface area contributed by atoms with Crippen LogP contribution >= 0.6 is 0 Å². The number of rotatable bonds is 4. The molecule has 2 N–H and O–H groups in total. The van der Waals surface area contributed by atoms with Crippen LogP contribution in [0.5, 0.6) is 0 Å². The van der Waals surface area contributed by atoms with Gasteiger partial charge in [0.05, 0.1) is 35.2 Å². The van der Waals surface area contributed by atoms with Gasteiger partial charge in [-0.1, -0.05) is 0 Å². The van der Waals surface area contributed by atoms with Gasteiger partial charge in [-0.25, -0.2) is 13.4 Å². The summed E-state index contributed by atoms with van der Waals surface area (Å²) in [5, 5.41) is 17.8. The highest BCUT2D eigenvalue weighted by Gasteiger charge is 2.31. The molecular weight excluding hydrogens is 546 g/mol. The van der Waals surface area contributed by atoms with Gasteiger partial charge in [0, 0.05) is 51.5 Å². The quantitative estimate of drug-likeness (QED) is 0.471. The lowest BCUT2D eigenvalue weighted by atomic mass is 9.93. The Bertz CT molecular complexity index is 1520. The van der Waals surface area contributed by atoms with Gasteiger partial charge in [-0.2, -0.15) is 0 Å². The number of nitrogens with one attached hydrogen (secondary N) is 1. The van der Waals surface area contributed by atoms with Crippen LogP contribution in [0.3, 0.4) is 0 Å². The summed E-state index contributed by atoms with van der Waals surface area (Å²) < 4.78 is 33.5. The highest BCUT2D eigenvalue weighted by molar-refractivity contribution is 7.92. The first kappa shape index (κ1) is 27.5. The summed E-state index contributed by atoms with van der Waals surface area (Å²) in [6.45, 7) is 3.17. The van der Waals surface area contributed by atoms with Crippen molar-refractivity contribution in [3.63, 3.8) is 0 Å². The molecule has 2 saturated heterocycles. The zero-order valence-electron chi connectivity index (χ0n) is 23.1. The smallest absolute Gasteiger partial charge is 0.250 e. The van der Waals surface area contributed by atoms with Gasteiger partial charge in [-0.15, -0.1) is 10.2 Å². The van der Waals surface area contributed by atoms with Crippen molar-refractivity contribution in [1.82, 2.24) is 20.1 Å². The second kappa shape index (κ2) is 11.3. The fourth-order valence-corrected chi connectivity index (χ4v) is 6.92. The Morgan fingerprint density at radius 1 is 1.02 bits per heavy atom. The number of sulfonamides is 1. The van der Waals surface area contributed by atoms with E-state index >= 15 is 0 Å². The van der Waals surface area contributed by atoms with E-state index in [1.54, 1.807) is 24.4 Å². The van der Waals surface area contributed by atoms with Gasteiger partial charge < -0.3 is 24.2 Å².